The lowest BCUT2D eigenvalue weighted by Gasteiger charge is -2.54. The first-order valence-corrected chi connectivity index (χ1v) is 11.4. The molecule has 0 saturated carbocycles. The number of hydrogen-bond donors (Lipinski definition) is 0. The van der Waals surface area contributed by atoms with Crippen molar-refractivity contribution < 1.29 is 9.59 Å². The molecule has 1 aromatic rings. The standard InChI is InChI=1S/C25H39N3O2/c1-22(2)13-10-14-23(3,4)27(22)20(29)18-12-9-17-26-19(18)21(30)28-24(5,6)15-11-16-25(28,7)8/h9,12,17H,10-11,13-16H2,1-8H3. The van der Waals surface area contributed by atoms with Crippen LogP contribution < -0.4 is 0 Å². The largest absolute Gasteiger partial charge is 0.328 e. The number of piperidine rings is 2. The highest BCUT2D eigenvalue weighted by Gasteiger charge is 2.48. The molecular formula is C25H39N3O2. The molecule has 2 aliphatic heterocycles. The van der Waals surface area contributed by atoms with Crippen LogP contribution in [0.1, 0.15) is 115 Å². The van der Waals surface area contributed by atoms with Gasteiger partial charge >= 0.3 is 0 Å². The van der Waals surface area contributed by atoms with Crippen molar-refractivity contribution in [2.45, 2.75) is 116 Å². The van der Waals surface area contributed by atoms with Gasteiger partial charge in [-0.25, -0.2) is 0 Å². The van der Waals surface area contributed by atoms with Crippen molar-refractivity contribution in [1.82, 2.24) is 14.8 Å². The normalized spacial score (nSPS) is 24.4. The molecule has 0 bridgehead atoms. The van der Waals surface area contributed by atoms with E-state index in [1.807, 2.05) is 9.80 Å². The Labute approximate surface area is 182 Å². The second kappa shape index (κ2) is 7.35. The average Bonchev–Trinajstić information content (AvgIpc) is 2.58. The highest BCUT2D eigenvalue weighted by molar-refractivity contribution is 6.06. The number of hydrogen-bond acceptors (Lipinski definition) is 3. The maximum Gasteiger partial charge on any atom is 0.274 e. The molecule has 0 aromatic carbocycles. The Kier molecular flexibility index (Phi) is 5.58. The number of amides is 2. The molecule has 3 heterocycles. The molecule has 0 radical (unpaired) electrons. The van der Waals surface area contributed by atoms with Crippen LogP contribution in [0.2, 0.25) is 0 Å². The smallest absolute Gasteiger partial charge is 0.274 e. The van der Waals surface area contributed by atoms with Gasteiger partial charge in [-0.3, -0.25) is 14.6 Å². The zero-order valence-corrected chi connectivity index (χ0v) is 20.1. The molecule has 0 aliphatic carbocycles. The van der Waals surface area contributed by atoms with Gasteiger partial charge in [0.15, 0.2) is 0 Å². The molecule has 0 unspecified atom stereocenters. The van der Waals surface area contributed by atoms with E-state index in [1.165, 1.54) is 0 Å². The van der Waals surface area contributed by atoms with Crippen molar-refractivity contribution in [2.24, 2.45) is 0 Å². The number of aromatic nitrogens is 1. The molecular weight excluding hydrogens is 374 g/mol. The van der Waals surface area contributed by atoms with Gasteiger partial charge in [0.2, 0.25) is 0 Å². The molecule has 0 N–H and O–H groups in total. The van der Waals surface area contributed by atoms with Gasteiger partial charge in [0, 0.05) is 28.4 Å². The van der Waals surface area contributed by atoms with Crippen LogP contribution in [0, 0.1) is 0 Å². The lowest BCUT2D eigenvalue weighted by molar-refractivity contribution is -0.0152. The summed E-state index contributed by atoms with van der Waals surface area (Å²) in [5.41, 5.74) is -0.386. The van der Waals surface area contributed by atoms with Crippen LogP contribution in [0.4, 0.5) is 0 Å². The van der Waals surface area contributed by atoms with Gasteiger partial charge in [-0.05, 0) is 106 Å². The number of carbonyl (C=O) groups is 2. The Morgan fingerprint density at radius 1 is 0.733 bits per heavy atom. The summed E-state index contributed by atoms with van der Waals surface area (Å²) in [6, 6.07) is 3.54. The average molecular weight is 414 g/mol. The summed E-state index contributed by atoms with van der Waals surface area (Å²) >= 11 is 0. The van der Waals surface area contributed by atoms with E-state index in [0.29, 0.717) is 5.56 Å². The molecule has 5 heteroatoms. The van der Waals surface area contributed by atoms with Gasteiger partial charge < -0.3 is 9.80 Å². The zero-order chi connectivity index (χ0) is 22.5. The second-order valence-electron chi connectivity index (χ2n) is 11.6. The fraction of sp³-hybridized carbons (Fsp3) is 0.720. The summed E-state index contributed by atoms with van der Waals surface area (Å²) < 4.78 is 0. The minimum atomic E-state index is -0.277. The quantitative estimate of drug-likeness (QED) is 0.648. The first kappa shape index (κ1) is 22.8. The van der Waals surface area contributed by atoms with Crippen LogP contribution in [-0.4, -0.2) is 48.8 Å². The van der Waals surface area contributed by atoms with E-state index in [1.54, 1.807) is 18.3 Å². The first-order chi connectivity index (χ1) is 13.7. The molecule has 3 rings (SSSR count). The maximum atomic E-state index is 13.9. The molecule has 2 saturated heterocycles. The van der Waals surface area contributed by atoms with Crippen molar-refractivity contribution in [3.63, 3.8) is 0 Å². The summed E-state index contributed by atoms with van der Waals surface area (Å²) in [4.78, 5) is 36.1. The zero-order valence-electron chi connectivity index (χ0n) is 20.1. The van der Waals surface area contributed by atoms with Gasteiger partial charge in [0.05, 0.1) is 5.56 Å². The minimum Gasteiger partial charge on any atom is -0.328 e. The molecule has 2 amide bonds. The molecule has 5 nitrogen and oxygen atoms in total. The van der Waals surface area contributed by atoms with Crippen LogP contribution in [0.5, 0.6) is 0 Å². The summed E-state index contributed by atoms with van der Waals surface area (Å²) in [5, 5.41) is 0. The van der Waals surface area contributed by atoms with E-state index >= 15 is 0 Å². The summed E-state index contributed by atoms with van der Waals surface area (Å²) in [6.07, 6.45) is 7.62. The third-order valence-electron chi connectivity index (χ3n) is 7.22. The fourth-order valence-electron chi connectivity index (χ4n) is 6.07. The third kappa shape index (κ3) is 3.88. The van der Waals surface area contributed by atoms with E-state index in [-0.39, 0.29) is 39.7 Å². The van der Waals surface area contributed by atoms with Crippen LogP contribution >= 0.6 is 0 Å². The molecule has 166 valence electrons. The van der Waals surface area contributed by atoms with Crippen LogP contribution in [0.3, 0.4) is 0 Å². The molecule has 2 fully saturated rings. The Balaban J connectivity index is 2.06. The first-order valence-electron chi connectivity index (χ1n) is 11.4. The highest BCUT2D eigenvalue weighted by Crippen LogP contribution is 2.41. The number of likely N-dealkylation sites (tertiary alicyclic amines) is 2. The summed E-state index contributed by atoms with van der Waals surface area (Å²) in [7, 11) is 0. The Morgan fingerprint density at radius 2 is 1.13 bits per heavy atom. The Bertz CT molecular complexity index is 738. The molecule has 30 heavy (non-hydrogen) atoms. The van der Waals surface area contributed by atoms with E-state index < -0.39 is 0 Å². The molecule has 0 atom stereocenters. The van der Waals surface area contributed by atoms with Gasteiger partial charge in [0.25, 0.3) is 11.8 Å². The van der Waals surface area contributed by atoms with E-state index in [0.717, 1.165) is 38.5 Å². The number of rotatable bonds is 2. The summed E-state index contributed by atoms with van der Waals surface area (Å²) in [6.45, 7) is 17.0. The SMILES string of the molecule is CC1(C)CCCC(C)(C)N1C(=O)c1cccnc1C(=O)N1C(C)(C)CCCC1(C)C. The van der Waals surface area contributed by atoms with Crippen molar-refractivity contribution in [1.29, 1.82) is 0 Å². The number of carbonyl (C=O) groups excluding carboxylic acids is 2. The van der Waals surface area contributed by atoms with E-state index in [2.05, 4.69) is 60.4 Å². The number of nitrogens with zero attached hydrogens (tertiary/aromatic N) is 3. The minimum absolute atomic E-state index is 0.0891. The van der Waals surface area contributed by atoms with Crippen molar-refractivity contribution in [2.75, 3.05) is 0 Å². The van der Waals surface area contributed by atoms with Crippen LogP contribution in [0.15, 0.2) is 18.3 Å². The second-order valence-corrected chi connectivity index (χ2v) is 11.6. The van der Waals surface area contributed by atoms with Crippen LogP contribution in [-0.2, 0) is 0 Å². The Morgan fingerprint density at radius 3 is 1.57 bits per heavy atom. The van der Waals surface area contributed by atoms with E-state index in [4.69, 9.17) is 0 Å². The monoisotopic (exact) mass is 413 g/mol. The van der Waals surface area contributed by atoms with Crippen molar-refractivity contribution in [3.8, 4) is 0 Å². The predicted molar refractivity (Wildman–Crippen MR) is 121 cm³/mol. The maximum absolute atomic E-state index is 13.9. The molecule has 2 aliphatic rings. The van der Waals surface area contributed by atoms with Gasteiger partial charge in [-0.1, -0.05) is 0 Å². The topological polar surface area (TPSA) is 53.5 Å². The lowest BCUT2D eigenvalue weighted by atomic mass is 9.78. The van der Waals surface area contributed by atoms with Crippen LogP contribution in [0.25, 0.3) is 0 Å². The highest BCUT2D eigenvalue weighted by atomic mass is 16.2. The molecule has 0 spiro atoms. The fourth-order valence-corrected chi connectivity index (χ4v) is 6.07. The van der Waals surface area contributed by atoms with E-state index in [9.17, 15) is 9.59 Å². The third-order valence-corrected chi connectivity index (χ3v) is 7.22. The van der Waals surface area contributed by atoms with Crippen molar-refractivity contribution >= 4 is 11.8 Å². The Hall–Kier alpha value is -1.91. The number of pyridine rings is 1. The van der Waals surface area contributed by atoms with Gasteiger partial charge in [-0.2, -0.15) is 0 Å². The van der Waals surface area contributed by atoms with Gasteiger partial charge in [0.1, 0.15) is 5.69 Å². The predicted octanol–water partition coefficient (Wildman–Crippen LogP) is 5.45. The lowest BCUT2D eigenvalue weighted by Crippen LogP contribution is -2.62. The van der Waals surface area contributed by atoms with Gasteiger partial charge in [-0.15, -0.1) is 0 Å². The summed E-state index contributed by atoms with van der Waals surface area (Å²) in [5.74, 6) is -0.227. The van der Waals surface area contributed by atoms with Crippen molar-refractivity contribution in [3.05, 3.63) is 29.6 Å². The molecule has 1 aromatic heterocycles.